The number of rotatable bonds is 4. The van der Waals surface area contributed by atoms with Gasteiger partial charge in [-0.05, 0) is 53.6 Å². The Morgan fingerprint density at radius 3 is 2.83 bits per heavy atom. The summed E-state index contributed by atoms with van der Waals surface area (Å²) in [6.07, 6.45) is 7.79. The molecule has 1 aromatic heterocycles. The second kappa shape index (κ2) is 5.83. The van der Waals surface area contributed by atoms with Gasteiger partial charge in [0.25, 0.3) is 0 Å². The van der Waals surface area contributed by atoms with Crippen molar-refractivity contribution in [3.05, 3.63) is 27.5 Å². The van der Waals surface area contributed by atoms with Crippen LogP contribution in [0.15, 0.2) is 16.1 Å². The average molecular weight is 311 g/mol. The number of halogens is 1. The Morgan fingerprint density at radius 2 is 2.28 bits per heavy atom. The van der Waals surface area contributed by atoms with Crippen LogP contribution in [0, 0.1) is 0 Å². The number of allylic oxidation sites excluding steroid dienone is 2. The van der Waals surface area contributed by atoms with E-state index in [0.717, 1.165) is 47.1 Å². The van der Waals surface area contributed by atoms with E-state index in [9.17, 15) is 4.79 Å². The largest absolute Gasteiger partial charge is 0.294 e. The second-order valence-corrected chi connectivity index (χ2v) is 5.55. The molecule has 0 bridgehead atoms. The molecule has 3 nitrogen and oxygen atoms in total. The van der Waals surface area contributed by atoms with Crippen LogP contribution in [0.5, 0.6) is 0 Å². The minimum Gasteiger partial charge on any atom is -0.294 e. The van der Waals surface area contributed by atoms with Crippen LogP contribution in [0.3, 0.4) is 0 Å². The lowest BCUT2D eigenvalue weighted by molar-refractivity contribution is -0.115. The van der Waals surface area contributed by atoms with Gasteiger partial charge >= 0.3 is 0 Å². The molecule has 1 aliphatic carbocycles. The summed E-state index contributed by atoms with van der Waals surface area (Å²) >= 11 is 3.56. The van der Waals surface area contributed by atoms with Crippen LogP contribution in [0.2, 0.25) is 0 Å². The standard InChI is InChI=1S/C14H19BrN2O/c1-3-11-14(15)12(17(2)16-11)9-13(18)10-7-5-4-6-8-10/h7H,3-6,8-9H2,1-2H3. The number of aromatic nitrogens is 2. The highest BCUT2D eigenvalue weighted by molar-refractivity contribution is 9.10. The van der Waals surface area contributed by atoms with E-state index in [0.29, 0.717) is 6.42 Å². The van der Waals surface area contributed by atoms with Crippen LogP contribution >= 0.6 is 15.9 Å². The molecule has 0 radical (unpaired) electrons. The third-order valence-corrected chi connectivity index (χ3v) is 4.40. The third-order valence-electron chi connectivity index (χ3n) is 3.48. The average Bonchev–Trinajstić information content (AvgIpc) is 2.67. The van der Waals surface area contributed by atoms with E-state index in [1.54, 1.807) is 0 Å². The summed E-state index contributed by atoms with van der Waals surface area (Å²) in [4.78, 5) is 12.2. The minimum absolute atomic E-state index is 0.251. The number of carbonyl (C=O) groups excluding carboxylic acids is 1. The van der Waals surface area contributed by atoms with Gasteiger partial charge in [-0.25, -0.2) is 0 Å². The predicted octanol–water partition coefficient (Wildman–Crippen LogP) is 3.36. The highest BCUT2D eigenvalue weighted by Gasteiger charge is 2.18. The SMILES string of the molecule is CCc1nn(C)c(CC(=O)C2=CCCCC2)c1Br. The van der Waals surface area contributed by atoms with Gasteiger partial charge in [-0.15, -0.1) is 0 Å². The molecule has 0 fully saturated rings. The number of nitrogens with zero attached hydrogens (tertiary/aromatic N) is 2. The maximum absolute atomic E-state index is 12.2. The highest BCUT2D eigenvalue weighted by Crippen LogP contribution is 2.25. The molecule has 0 amide bonds. The maximum atomic E-state index is 12.2. The Balaban J connectivity index is 2.16. The fraction of sp³-hybridized carbons (Fsp3) is 0.571. The normalized spacial score (nSPS) is 15.6. The summed E-state index contributed by atoms with van der Waals surface area (Å²) in [6, 6.07) is 0. The van der Waals surface area contributed by atoms with Crippen molar-refractivity contribution < 1.29 is 4.79 Å². The summed E-state index contributed by atoms with van der Waals surface area (Å²) in [5, 5.41) is 4.42. The number of Topliss-reactive ketones (excluding diaryl/α,β-unsaturated/α-hetero) is 1. The van der Waals surface area contributed by atoms with E-state index >= 15 is 0 Å². The zero-order valence-corrected chi connectivity index (χ0v) is 12.6. The lowest BCUT2D eigenvalue weighted by Gasteiger charge is -2.11. The predicted molar refractivity (Wildman–Crippen MR) is 75.5 cm³/mol. The fourth-order valence-electron chi connectivity index (χ4n) is 2.37. The molecule has 98 valence electrons. The zero-order valence-electron chi connectivity index (χ0n) is 11.0. The first-order valence-corrected chi connectivity index (χ1v) is 7.35. The van der Waals surface area contributed by atoms with Crippen LogP contribution in [0.1, 0.15) is 44.0 Å². The number of ketones is 1. The molecule has 0 N–H and O–H groups in total. The van der Waals surface area contributed by atoms with Crippen LogP contribution < -0.4 is 0 Å². The fourth-order valence-corrected chi connectivity index (χ4v) is 3.13. The second-order valence-electron chi connectivity index (χ2n) is 4.76. The van der Waals surface area contributed by atoms with Gasteiger partial charge in [-0.3, -0.25) is 9.48 Å². The smallest absolute Gasteiger partial charge is 0.164 e. The molecule has 4 heteroatoms. The maximum Gasteiger partial charge on any atom is 0.164 e. The highest BCUT2D eigenvalue weighted by atomic mass is 79.9. The van der Waals surface area contributed by atoms with E-state index in [2.05, 4.69) is 34.0 Å². The minimum atomic E-state index is 0.251. The van der Waals surface area contributed by atoms with Crippen molar-refractivity contribution in [2.75, 3.05) is 0 Å². The molecule has 1 aliphatic rings. The molecule has 0 saturated carbocycles. The molecule has 0 saturated heterocycles. The molecule has 0 spiro atoms. The van der Waals surface area contributed by atoms with Gasteiger partial charge in [-0.1, -0.05) is 13.0 Å². The van der Waals surface area contributed by atoms with Gasteiger partial charge in [0.1, 0.15) is 0 Å². The van der Waals surface area contributed by atoms with Crippen molar-refractivity contribution in [3.8, 4) is 0 Å². The summed E-state index contributed by atoms with van der Waals surface area (Å²) in [6.45, 7) is 2.07. The molecular weight excluding hydrogens is 292 g/mol. The summed E-state index contributed by atoms with van der Waals surface area (Å²) in [5.41, 5.74) is 3.02. The quantitative estimate of drug-likeness (QED) is 0.854. The summed E-state index contributed by atoms with van der Waals surface area (Å²) in [7, 11) is 1.90. The van der Waals surface area contributed by atoms with Gasteiger partial charge in [0.05, 0.1) is 22.3 Å². The lowest BCUT2D eigenvalue weighted by atomic mass is 9.94. The van der Waals surface area contributed by atoms with Crippen LogP contribution in [-0.4, -0.2) is 15.6 Å². The van der Waals surface area contributed by atoms with Crippen LogP contribution in [0.25, 0.3) is 0 Å². The van der Waals surface area contributed by atoms with Gasteiger partial charge < -0.3 is 0 Å². The van der Waals surface area contributed by atoms with Gasteiger partial charge in [0.15, 0.2) is 5.78 Å². The molecule has 1 heterocycles. The van der Waals surface area contributed by atoms with E-state index in [1.807, 2.05) is 11.7 Å². The Labute approximate surface area is 116 Å². The summed E-state index contributed by atoms with van der Waals surface area (Å²) in [5.74, 6) is 0.251. The lowest BCUT2D eigenvalue weighted by Crippen LogP contribution is -2.12. The Kier molecular flexibility index (Phi) is 4.38. The van der Waals surface area contributed by atoms with Crippen LogP contribution in [0.4, 0.5) is 0 Å². The zero-order chi connectivity index (χ0) is 13.1. The molecular formula is C14H19BrN2O. The van der Waals surface area contributed by atoms with Crippen molar-refractivity contribution in [2.45, 2.75) is 45.4 Å². The van der Waals surface area contributed by atoms with Crippen molar-refractivity contribution in [1.29, 1.82) is 0 Å². The number of hydrogen-bond donors (Lipinski definition) is 0. The van der Waals surface area contributed by atoms with Gasteiger partial charge in [0, 0.05) is 7.05 Å². The van der Waals surface area contributed by atoms with Gasteiger partial charge in [-0.2, -0.15) is 5.10 Å². The van der Waals surface area contributed by atoms with Crippen molar-refractivity contribution in [3.63, 3.8) is 0 Å². The van der Waals surface area contributed by atoms with E-state index in [4.69, 9.17) is 0 Å². The Bertz CT molecular complexity index is 488. The van der Waals surface area contributed by atoms with Crippen molar-refractivity contribution >= 4 is 21.7 Å². The first-order valence-electron chi connectivity index (χ1n) is 6.56. The molecule has 0 atom stereocenters. The number of hydrogen-bond acceptors (Lipinski definition) is 2. The topological polar surface area (TPSA) is 34.9 Å². The van der Waals surface area contributed by atoms with Crippen LogP contribution in [-0.2, 0) is 24.7 Å². The van der Waals surface area contributed by atoms with Crippen molar-refractivity contribution in [2.24, 2.45) is 7.05 Å². The summed E-state index contributed by atoms with van der Waals surface area (Å²) < 4.78 is 2.82. The molecule has 0 aliphatic heterocycles. The molecule has 2 rings (SSSR count). The molecule has 1 aromatic rings. The first-order chi connectivity index (χ1) is 8.63. The monoisotopic (exact) mass is 310 g/mol. The molecule has 0 aromatic carbocycles. The Morgan fingerprint density at radius 1 is 1.50 bits per heavy atom. The van der Waals surface area contributed by atoms with E-state index < -0.39 is 0 Å². The third kappa shape index (κ3) is 2.74. The molecule has 0 unspecified atom stereocenters. The van der Waals surface area contributed by atoms with Crippen molar-refractivity contribution in [1.82, 2.24) is 9.78 Å². The Hall–Kier alpha value is -0.900. The van der Waals surface area contributed by atoms with E-state index in [-0.39, 0.29) is 5.78 Å². The molecule has 18 heavy (non-hydrogen) atoms. The van der Waals surface area contributed by atoms with E-state index in [1.165, 1.54) is 6.42 Å². The number of carbonyl (C=O) groups is 1. The van der Waals surface area contributed by atoms with Gasteiger partial charge in [0.2, 0.25) is 0 Å². The number of aryl methyl sites for hydroxylation is 2. The first kappa shape index (κ1) is 13.5.